The van der Waals surface area contributed by atoms with E-state index in [1.807, 2.05) is 47.6 Å². The van der Waals surface area contributed by atoms with Crippen LogP contribution in [-0.4, -0.2) is 19.6 Å². The Morgan fingerprint density at radius 1 is 0.656 bits per heavy atom. The van der Waals surface area contributed by atoms with Crippen LogP contribution in [-0.2, 0) is 42.7 Å². The van der Waals surface area contributed by atoms with Crippen molar-refractivity contribution in [1.29, 1.82) is 0 Å². The number of aromatic hydroxyl groups is 1. The van der Waals surface area contributed by atoms with Crippen LogP contribution < -0.4 is 0 Å². The van der Waals surface area contributed by atoms with Gasteiger partial charge in [0.25, 0.3) is 0 Å². The number of nitrogens with zero attached hydrogens (tertiary/aromatic N) is 3. The summed E-state index contributed by atoms with van der Waals surface area (Å²) < 4.78 is 230. The van der Waals surface area contributed by atoms with E-state index in [4.69, 9.17) is 39.3 Å². The van der Waals surface area contributed by atoms with Crippen molar-refractivity contribution in [2.45, 2.75) is 111 Å². The maximum Gasteiger partial charge on any atom is 0.148 e. The normalized spacial score (nSPS) is 19.5. The van der Waals surface area contributed by atoms with Gasteiger partial charge in [0.2, 0.25) is 0 Å². The SMILES string of the molecule is [2H]c1nc(-c2[c-]c(-c3cccc4c3nc(-c3cc(C(C([2H])([2H])[2H])(C([2H])([2H])[2H])C([2H])([2H])[2H])cc(C(C([2H])([2H])[2H])(C([2H])([2H])[2H])C([2H])([2H])[2H])c3O)n4-c3ccc(C(C)(C)CC)cc3-c3ccccc3)cc(C(C)(C)C)c2)c([2H])c(-c2c([2H])c([2H])c([2H])c([2H])c2[2H])c1[2H].[Pt]. The molecular weight excluding hydrogens is 962 g/mol. The van der Waals surface area contributed by atoms with Gasteiger partial charge in [-0.05, 0) is 86.2 Å². The fraction of sp³-hybridized carbons (Fsp3) is 0.288. The average Bonchev–Trinajstić information content (AvgIpc) is 0.755. The van der Waals surface area contributed by atoms with E-state index >= 15 is 0 Å². The molecule has 0 fully saturated rings. The first-order valence-electron chi connectivity index (χ1n) is 33.3. The van der Waals surface area contributed by atoms with Gasteiger partial charge in [0.15, 0.2) is 0 Å². The number of benzene rings is 6. The van der Waals surface area contributed by atoms with Crippen LogP contribution in [0.2, 0.25) is 0 Å². The molecule has 0 atom stereocenters. The van der Waals surface area contributed by atoms with Crippen molar-refractivity contribution in [3.8, 4) is 67.5 Å². The zero-order valence-corrected chi connectivity index (χ0v) is 38.2. The zero-order valence-electron chi connectivity index (χ0n) is 62.0. The van der Waals surface area contributed by atoms with E-state index in [-0.39, 0.29) is 66.2 Å². The molecule has 2 heterocycles. The first-order chi connectivity index (χ1) is 40.6. The molecule has 0 aliphatic heterocycles. The molecule has 330 valence electrons. The maximum absolute atomic E-state index is 13.1. The Labute approximate surface area is 432 Å². The molecule has 1 N–H and O–H groups in total. The van der Waals surface area contributed by atoms with Gasteiger partial charge in [0, 0.05) is 68.7 Å². The van der Waals surface area contributed by atoms with Crippen LogP contribution in [0.1, 0.15) is 147 Å². The summed E-state index contributed by atoms with van der Waals surface area (Å²) in [6, 6.07) is 21.2. The van der Waals surface area contributed by atoms with Gasteiger partial charge in [0.05, 0.1) is 33.3 Å². The first-order valence-corrected chi connectivity index (χ1v) is 20.3. The minimum absolute atomic E-state index is 0. The summed E-state index contributed by atoms with van der Waals surface area (Å²) in [6.07, 6.45) is -0.0971. The molecule has 0 radical (unpaired) electrons. The number of phenols is 1. The Morgan fingerprint density at radius 3 is 2.03 bits per heavy atom. The third-order valence-electron chi connectivity index (χ3n) is 11.5. The molecule has 0 amide bonds. The van der Waals surface area contributed by atoms with Crippen LogP contribution in [0.5, 0.6) is 5.75 Å². The van der Waals surface area contributed by atoms with Crippen molar-refractivity contribution in [2.75, 3.05) is 0 Å². The van der Waals surface area contributed by atoms with E-state index < -0.39 is 151 Å². The molecule has 8 rings (SSSR count). The average molecular weight is 1050 g/mol. The largest absolute Gasteiger partial charge is 0.507 e. The molecule has 2 aromatic heterocycles. The number of hydrogen-bond acceptors (Lipinski definition) is 3. The second-order valence-electron chi connectivity index (χ2n) is 17.3. The molecule has 0 bridgehead atoms. The van der Waals surface area contributed by atoms with Crippen LogP contribution in [0.25, 0.3) is 72.7 Å². The summed E-state index contributed by atoms with van der Waals surface area (Å²) >= 11 is 0. The fourth-order valence-corrected chi connectivity index (χ4v) is 7.47. The van der Waals surface area contributed by atoms with Gasteiger partial charge in [-0.1, -0.05) is 185 Å². The summed E-state index contributed by atoms with van der Waals surface area (Å²) in [7, 11) is 0. The van der Waals surface area contributed by atoms with Gasteiger partial charge in [-0.2, -0.15) is 0 Å². The smallest absolute Gasteiger partial charge is 0.148 e. The van der Waals surface area contributed by atoms with Crippen LogP contribution in [0.3, 0.4) is 0 Å². The monoisotopic (exact) mass is 1050 g/mol. The van der Waals surface area contributed by atoms with E-state index in [9.17, 15) is 6.48 Å². The third kappa shape index (κ3) is 9.05. The Hall–Kier alpha value is -5.57. The first kappa shape index (κ1) is 23.6. The molecule has 64 heavy (non-hydrogen) atoms. The molecule has 6 aromatic carbocycles. The third-order valence-corrected chi connectivity index (χ3v) is 11.5. The zero-order chi connectivity index (χ0) is 67.0. The Kier molecular flexibility index (Phi) is 6.42. The van der Waals surface area contributed by atoms with E-state index in [1.165, 1.54) is 4.57 Å². The van der Waals surface area contributed by atoms with Gasteiger partial charge in [-0.25, -0.2) is 4.98 Å². The Balaban J connectivity index is 0.0000115. The molecule has 0 spiro atoms. The molecule has 0 saturated heterocycles. The molecule has 0 unspecified atom stereocenters. The van der Waals surface area contributed by atoms with Crippen molar-refractivity contribution >= 4 is 11.0 Å². The predicted molar refractivity (Wildman–Crippen MR) is 266 cm³/mol. The van der Waals surface area contributed by atoms with Gasteiger partial charge >= 0.3 is 0 Å². The molecule has 0 saturated carbocycles. The fourth-order valence-electron chi connectivity index (χ4n) is 7.47. The summed E-state index contributed by atoms with van der Waals surface area (Å²) in [5, 5.41) is 13.1. The number of pyridine rings is 1. The minimum Gasteiger partial charge on any atom is -0.507 e. The van der Waals surface area contributed by atoms with Crippen molar-refractivity contribution in [3.05, 3.63) is 168 Å². The van der Waals surface area contributed by atoms with Gasteiger partial charge in [-0.15, -0.1) is 29.3 Å². The van der Waals surface area contributed by atoms with Crippen molar-refractivity contribution in [3.63, 3.8) is 0 Å². The van der Waals surface area contributed by atoms with Crippen LogP contribution in [0.4, 0.5) is 0 Å². The molecular formula is C59H62N3OPt-. The molecule has 5 heteroatoms. The number of aromatic nitrogens is 3. The van der Waals surface area contributed by atoms with Crippen LogP contribution >= 0.6 is 0 Å². The van der Waals surface area contributed by atoms with Gasteiger partial charge in [0.1, 0.15) is 11.6 Å². The number of para-hydroxylation sites is 1. The topological polar surface area (TPSA) is 50.9 Å². The Bertz CT molecular complexity index is 4010. The number of phenolic OH excluding ortho intramolecular Hbond substituents is 1. The van der Waals surface area contributed by atoms with Gasteiger partial charge < -0.3 is 5.11 Å². The summed E-state index contributed by atoms with van der Waals surface area (Å²) in [5.41, 5.74) is -11.8. The summed E-state index contributed by atoms with van der Waals surface area (Å²) in [5.74, 6) is -2.03. The van der Waals surface area contributed by atoms with Gasteiger partial charge in [-0.3, -0.25) is 9.55 Å². The van der Waals surface area contributed by atoms with E-state index in [2.05, 4.69) is 11.1 Å². The van der Waals surface area contributed by atoms with Crippen LogP contribution in [0, 0.1) is 6.07 Å². The second-order valence-corrected chi connectivity index (χ2v) is 17.3. The van der Waals surface area contributed by atoms with Crippen molar-refractivity contribution in [1.82, 2.24) is 14.5 Å². The maximum atomic E-state index is 13.1. The summed E-state index contributed by atoms with van der Waals surface area (Å²) in [6.45, 7) is -13.5. The number of hydrogen-bond donors (Lipinski definition) is 1. The van der Waals surface area contributed by atoms with E-state index in [0.29, 0.717) is 29.2 Å². The van der Waals surface area contributed by atoms with Crippen molar-refractivity contribution in [2.24, 2.45) is 0 Å². The van der Waals surface area contributed by atoms with Crippen molar-refractivity contribution < 1.29 is 61.8 Å². The molecule has 0 aliphatic rings. The minimum atomic E-state index is -4.24. The number of imidazole rings is 1. The standard InChI is InChI=1S/C59H62N3O.Pt/c1-13-59(11,12)43-27-28-51(47(35-43)39-23-18-15-19-24-39)62-52-26-20-25-46(53(52)61-55(62)48-36-45(57(5,6)7)37-49(54(48)63)58(8,9)10)41-31-42(33-44(32-41)56(2,3)4)50-34-40(29-30-60-50)38-21-16-14-17-22-38;/h14-30,32-37,63H,13H2,1-12H3;/q-1;/i5D3,6D3,7D3,8D3,9D3,10D3,14D,16D,17D,21D,22D,29D,30D,34D;. The quantitative estimate of drug-likeness (QED) is 0.154. The molecule has 4 nitrogen and oxygen atoms in total. The van der Waals surface area contributed by atoms with E-state index in [0.717, 1.165) is 5.56 Å². The van der Waals surface area contributed by atoms with Crippen LogP contribution in [0.15, 0.2) is 139 Å². The predicted octanol–water partition coefficient (Wildman–Crippen LogP) is 15.8. The molecule has 0 aliphatic carbocycles. The Morgan fingerprint density at radius 2 is 1.34 bits per heavy atom. The molecule has 8 aromatic rings. The summed E-state index contributed by atoms with van der Waals surface area (Å²) in [4.78, 5) is 9.44. The number of fused-ring (bicyclic) bond motifs is 1. The number of rotatable bonds is 8. The van der Waals surface area contributed by atoms with E-state index in [1.54, 1.807) is 72.8 Å². The second kappa shape index (κ2) is 17.4.